The van der Waals surface area contributed by atoms with Crippen LogP contribution in [0, 0.1) is 0 Å². The molecule has 1 N–H and O–H groups in total. The van der Waals surface area contributed by atoms with E-state index in [9.17, 15) is 0 Å². The van der Waals surface area contributed by atoms with Crippen LogP contribution in [-0.2, 0) is 6.42 Å². The Labute approximate surface area is 118 Å². The van der Waals surface area contributed by atoms with E-state index < -0.39 is 0 Å². The average molecular weight is 276 g/mol. The fraction of sp³-hybridized carbons (Fsp3) is 0.400. The highest BCUT2D eigenvalue weighted by Gasteiger charge is 2.04. The molecule has 2 aromatic rings. The highest BCUT2D eigenvalue weighted by Crippen LogP contribution is 2.24. The van der Waals surface area contributed by atoms with Gasteiger partial charge in [-0.1, -0.05) is 6.92 Å². The zero-order chi connectivity index (χ0) is 13.5. The van der Waals surface area contributed by atoms with Gasteiger partial charge >= 0.3 is 0 Å². The molecule has 0 aliphatic rings. The Bertz CT molecular complexity index is 493. The second-order valence-electron chi connectivity index (χ2n) is 4.19. The standard InChI is InChI=1S/C15H20N2OS/c1-3-16-10-9-15-17-14(11-19-15)12-5-7-13(8-6-12)18-4-2/h5-8,11,16H,3-4,9-10H2,1-2H3. The minimum Gasteiger partial charge on any atom is -0.494 e. The van der Waals surface area contributed by atoms with E-state index in [4.69, 9.17) is 4.74 Å². The second kappa shape index (κ2) is 7.26. The van der Waals surface area contributed by atoms with Crippen molar-refractivity contribution in [2.75, 3.05) is 19.7 Å². The minimum absolute atomic E-state index is 0.699. The molecule has 1 heterocycles. The summed E-state index contributed by atoms with van der Waals surface area (Å²) in [5.41, 5.74) is 2.20. The number of nitrogens with zero attached hydrogens (tertiary/aromatic N) is 1. The van der Waals surface area contributed by atoms with Crippen molar-refractivity contribution in [2.24, 2.45) is 0 Å². The Hall–Kier alpha value is -1.39. The van der Waals surface area contributed by atoms with E-state index in [0.29, 0.717) is 6.61 Å². The number of hydrogen-bond acceptors (Lipinski definition) is 4. The summed E-state index contributed by atoms with van der Waals surface area (Å²) in [6, 6.07) is 8.12. The van der Waals surface area contributed by atoms with Gasteiger partial charge in [0.1, 0.15) is 5.75 Å². The normalized spacial score (nSPS) is 10.6. The first-order valence-electron chi connectivity index (χ1n) is 6.71. The Morgan fingerprint density at radius 3 is 2.68 bits per heavy atom. The van der Waals surface area contributed by atoms with E-state index >= 15 is 0 Å². The predicted molar refractivity (Wildman–Crippen MR) is 81.0 cm³/mol. The van der Waals surface area contributed by atoms with Gasteiger partial charge in [0.25, 0.3) is 0 Å². The number of benzene rings is 1. The molecular formula is C15H20N2OS. The van der Waals surface area contributed by atoms with Crippen molar-refractivity contribution in [3.05, 3.63) is 34.7 Å². The Kier molecular flexibility index (Phi) is 5.36. The van der Waals surface area contributed by atoms with Crippen LogP contribution >= 0.6 is 11.3 Å². The fourth-order valence-electron chi connectivity index (χ4n) is 1.82. The van der Waals surface area contributed by atoms with Crippen LogP contribution in [0.4, 0.5) is 0 Å². The molecule has 0 saturated carbocycles. The van der Waals surface area contributed by atoms with E-state index in [0.717, 1.165) is 36.5 Å². The van der Waals surface area contributed by atoms with Crippen LogP contribution in [-0.4, -0.2) is 24.7 Å². The summed E-state index contributed by atoms with van der Waals surface area (Å²) in [5.74, 6) is 0.911. The lowest BCUT2D eigenvalue weighted by Crippen LogP contribution is -2.15. The molecule has 0 aliphatic carbocycles. The highest BCUT2D eigenvalue weighted by atomic mass is 32.1. The maximum absolute atomic E-state index is 5.44. The van der Waals surface area contributed by atoms with Crippen LogP contribution in [0.2, 0.25) is 0 Å². The maximum atomic E-state index is 5.44. The van der Waals surface area contributed by atoms with Crippen molar-refractivity contribution in [3.8, 4) is 17.0 Å². The molecule has 0 bridgehead atoms. The number of rotatable bonds is 7. The molecule has 1 aromatic carbocycles. The van der Waals surface area contributed by atoms with Gasteiger partial charge in [0.15, 0.2) is 0 Å². The van der Waals surface area contributed by atoms with Gasteiger partial charge in [-0.3, -0.25) is 0 Å². The molecule has 0 radical (unpaired) electrons. The van der Waals surface area contributed by atoms with Crippen molar-refractivity contribution >= 4 is 11.3 Å². The quantitative estimate of drug-likeness (QED) is 0.787. The summed E-state index contributed by atoms with van der Waals surface area (Å²) >= 11 is 1.73. The third-order valence-electron chi connectivity index (χ3n) is 2.78. The molecule has 19 heavy (non-hydrogen) atoms. The summed E-state index contributed by atoms with van der Waals surface area (Å²) in [4.78, 5) is 4.67. The topological polar surface area (TPSA) is 34.2 Å². The predicted octanol–water partition coefficient (Wildman–Crippen LogP) is 3.36. The lowest BCUT2D eigenvalue weighted by molar-refractivity contribution is 0.340. The molecule has 0 fully saturated rings. The first kappa shape index (κ1) is 14.0. The van der Waals surface area contributed by atoms with Gasteiger partial charge in [-0.2, -0.15) is 0 Å². The molecule has 0 aliphatic heterocycles. The third kappa shape index (κ3) is 4.04. The monoisotopic (exact) mass is 276 g/mol. The summed E-state index contributed by atoms with van der Waals surface area (Å²) in [7, 11) is 0. The van der Waals surface area contributed by atoms with Gasteiger partial charge in [-0.25, -0.2) is 4.98 Å². The Morgan fingerprint density at radius 2 is 2.00 bits per heavy atom. The van der Waals surface area contributed by atoms with Gasteiger partial charge in [-0.05, 0) is 37.7 Å². The molecule has 4 heteroatoms. The van der Waals surface area contributed by atoms with Crippen molar-refractivity contribution in [1.82, 2.24) is 10.3 Å². The van der Waals surface area contributed by atoms with E-state index in [2.05, 4.69) is 34.7 Å². The van der Waals surface area contributed by atoms with E-state index in [1.807, 2.05) is 19.1 Å². The molecular weight excluding hydrogens is 256 g/mol. The molecule has 3 nitrogen and oxygen atoms in total. The van der Waals surface area contributed by atoms with E-state index in [1.165, 1.54) is 5.01 Å². The van der Waals surface area contributed by atoms with Crippen molar-refractivity contribution < 1.29 is 4.74 Å². The van der Waals surface area contributed by atoms with Crippen LogP contribution < -0.4 is 10.1 Å². The molecule has 1 aromatic heterocycles. The minimum atomic E-state index is 0.699. The van der Waals surface area contributed by atoms with Crippen molar-refractivity contribution in [1.29, 1.82) is 0 Å². The molecule has 102 valence electrons. The number of aromatic nitrogens is 1. The Morgan fingerprint density at radius 1 is 1.21 bits per heavy atom. The second-order valence-corrected chi connectivity index (χ2v) is 5.13. The first-order chi connectivity index (χ1) is 9.33. The van der Waals surface area contributed by atoms with Gasteiger partial charge in [0, 0.05) is 23.9 Å². The number of likely N-dealkylation sites (N-methyl/N-ethyl adjacent to an activating group) is 1. The lowest BCUT2D eigenvalue weighted by Gasteiger charge is -2.03. The zero-order valence-corrected chi connectivity index (χ0v) is 12.3. The molecule has 0 spiro atoms. The Balaban J connectivity index is 2.01. The molecule has 0 amide bonds. The molecule has 0 unspecified atom stereocenters. The maximum Gasteiger partial charge on any atom is 0.119 e. The lowest BCUT2D eigenvalue weighted by atomic mass is 10.2. The highest BCUT2D eigenvalue weighted by molar-refractivity contribution is 7.09. The number of ether oxygens (including phenoxy) is 1. The molecule has 0 atom stereocenters. The summed E-state index contributed by atoms with van der Waals surface area (Å²) < 4.78 is 5.44. The number of hydrogen-bond donors (Lipinski definition) is 1. The smallest absolute Gasteiger partial charge is 0.119 e. The molecule has 0 saturated heterocycles. The largest absolute Gasteiger partial charge is 0.494 e. The first-order valence-corrected chi connectivity index (χ1v) is 7.59. The van der Waals surface area contributed by atoms with Crippen LogP contribution in [0.1, 0.15) is 18.9 Å². The molecule has 2 rings (SSSR count). The fourth-order valence-corrected chi connectivity index (χ4v) is 2.63. The average Bonchev–Trinajstić information content (AvgIpc) is 2.89. The zero-order valence-electron chi connectivity index (χ0n) is 11.5. The van der Waals surface area contributed by atoms with Crippen LogP contribution in [0.25, 0.3) is 11.3 Å². The van der Waals surface area contributed by atoms with E-state index in [-0.39, 0.29) is 0 Å². The van der Waals surface area contributed by atoms with Gasteiger partial charge < -0.3 is 10.1 Å². The SMILES string of the molecule is CCNCCc1nc(-c2ccc(OCC)cc2)cs1. The van der Waals surface area contributed by atoms with Crippen LogP contribution in [0.3, 0.4) is 0 Å². The number of nitrogens with one attached hydrogen (secondary N) is 1. The summed E-state index contributed by atoms with van der Waals surface area (Å²) in [6.07, 6.45) is 0.996. The van der Waals surface area contributed by atoms with Gasteiger partial charge in [-0.15, -0.1) is 11.3 Å². The van der Waals surface area contributed by atoms with Crippen LogP contribution in [0.5, 0.6) is 5.75 Å². The number of thiazole rings is 1. The summed E-state index contributed by atoms with van der Waals surface area (Å²) in [5, 5.41) is 6.62. The van der Waals surface area contributed by atoms with Crippen molar-refractivity contribution in [2.45, 2.75) is 20.3 Å². The van der Waals surface area contributed by atoms with Gasteiger partial charge in [0.2, 0.25) is 0 Å². The van der Waals surface area contributed by atoms with E-state index in [1.54, 1.807) is 11.3 Å². The third-order valence-corrected chi connectivity index (χ3v) is 3.69. The van der Waals surface area contributed by atoms with Crippen LogP contribution in [0.15, 0.2) is 29.6 Å². The van der Waals surface area contributed by atoms with Crippen molar-refractivity contribution in [3.63, 3.8) is 0 Å². The summed E-state index contributed by atoms with van der Waals surface area (Å²) in [6.45, 7) is 6.81. The van der Waals surface area contributed by atoms with Gasteiger partial charge in [0.05, 0.1) is 17.3 Å².